The second-order valence-corrected chi connectivity index (χ2v) is 10.3. The highest BCUT2D eigenvalue weighted by molar-refractivity contribution is 6.33. The molecule has 0 radical (unpaired) electrons. The molecule has 1 amide bonds. The maximum Gasteiger partial charge on any atom is 0.522 e. The number of hydrogen-bond donors (Lipinski definition) is 3. The molecule has 4 aliphatic rings. The van der Waals surface area contributed by atoms with Crippen LogP contribution in [0.5, 0.6) is 0 Å². The van der Waals surface area contributed by atoms with E-state index in [9.17, 15) is 22.4 Å². The summed E-state index contributed by atoms with van der Waals surface area (Å²) in [6, 6.07) is 1.67. The van der Waals surface area contributed by atoms with E-state index in [1.807, 2.05) is 0 Å². The second kappa shape index (κ2) is 8.72. The van der Waals surface area contributed by atoms with Crippen molar-refractivity contribution in [1.82, 2.24) is 29.9 Å². The molecule has 4 aliphatic carbocycles. The number of rotatable bonds is 7. The van der Waals surface area contributed by atoms with Crippen molar-refractivity contribution >= 4 is 35.1 Å². The summed E-state index contributed by atoms with van der Waals surface area (Å²) in [7, 11) is 0. The molecule has 3 heterocycles. The molecule has 0 unspecified atom stereocenters. The van der Waals surface area contributed by atoms with Crippen molar-refractivity contribution in [2.24, 2.45) is 5.92 Å². The molecule has 15 heteroatoms. The lowest BCUT2D eigenvalue weighted by Gasteiger charge is -2.61. The number of nitrogens with zero attached hydrogens (tertiary/aromatic N) is 4. The number of aromatic amines is 1. The zero-order valence-electron chi connectivity index (χ0n) is 19.2. The quantitative estimate of drug-likeness (QED) is 0.368. The van der Waals surface area contributed by atoms with Crippen LogP contribution in [0.25, 0.3) is 5.65 Å². The number of carbonyl (C=O) groups excluding carboxylic acids is 1. The van der Waals surface area contributed by atoms with Crippen molar-refractivity contribution in [3.8, 4) is 0 Å². The third-order valence-corrected chi connectivity index (χ3v) is 7.52. The van der Waals surface area contributed by atoms with Crippen LogP contribution in [0.3, 0.4) is 0 Å². The molecule has 10 nitrogen and oxygen atoms in total. The number of alkyl halides is 4. The minimum atomic E-state index is -4.80. The minimum absolute atomic E-state index is 0.00190. The first-order valence-corrected chi connectivity index (χ1v) is 12.1. The van der Waals surface area contributed by atoms with Gasteiger partial charge in [0.05, 0.1) is 18.5 Å². The van der Waals surface area contributed by atoms with Gasteiger partial charge in [0, 0.05) is 29.4 Å². The van der Waals surface area contributed by atoms with E-state index in [-0.39, 0.29) is 40.2 Å². The Hall–Kier alpha value is -3.13. The van der Waals surface area contributed by atoms with E-state index in [2.05, 4.69) is 35.5 Å². The molecular formula is C22H22ClF4N7O3. The molecule has 0 aromatic carbocycles. The monoisotopic (exact) mass is 543 g/mol. The Morgan fingerprint density at radius 2 is 2.08 bits per heavy atom. The van der Waals surface area contributed by atoms with Gasteiger partial charge in [-0.15, -0.1) is 13.2 Å². The minimum Gasteiger partial charge on any atom is -0.443 e. The number of H-pyrrole nitrogens is 1. The number of ether oxygens (including phenoxy) is 2. The highest BCUT2D eigenvalue weighted by Crippen LogP contribution is 2.57. The summed E-state index contributed by atoms with van der Waals surface area (Å²) < 4.78 is 62.5. The SMILES string of the molecule is O=C(NC12CC(C1)C2)O[C@H]1C[C@@H](c2cc(Nc3ncc(Cl)c4nc(COC(F)(F)F)cn34)n[nH]2)C[C@H]1F. The van der Waals surface area contributed by atoms with Crippen molar-refractivity contribution in [2.45, 2.75) is 68.8 Å². The second-order valence-electron chi connectivity index (χ2n) is 9.94. The van der Waals surface area contributed by atoms with Crippen LogP contribution in [0.15, 0.2) is 18.5 Å². The zero-order chi connectivity index (χ0) is 25.9. The summed E-state index contributed by atoms with van der Waals surface area (Å²) in [4.78, 5) is 20.5. The van der Waals surface area contributed by atoms with Gasteiger partial charge < -0.3 is 15.4 Å². The first-order valence-electron chi connectivity index (χ1n) is 11.7. The van der Waals surface area contributed by atoms with Crippen molar-refractivity contribution in [3.63, 3.8) is 0 Å². The number of anilines is 2. The first kappa shape index (κ1) is 24.2. The van der Waals surface area contributed by atoms with Crippen LogP contribution in [-0.2, 0) is 16.1 Å². The molecule has 4 saturated carbocycles. The lowest BCUT2D eigenvalue weighted by Crippen LogP contribution is -2.68. The Balaban J connectivity index is 1.11. The van der Waals surface area contributed by atoms with Crippen LogP contribution in [-0.4, -0.2) is 54.8 Å². The van der Waals surface area contributed by atoms with Crippen LogP contribution < -0.4 is 10.6 Å². The van der Waals surface area contributed by atoms with E-state index < -0.39 is 31.3 Å². The number of aromatic nitrogens is 5. The summed E-state index contributed by atoms with van der Waals surface area (Å²) in [6.07, 6.45) is -1.52. The van der Waals surface area contributed by atoms with Crippen LogP contribution in [0.4, 0.5) is 34.1 Å². The fourth-order valence-electron chi connectivity index (χ4n) is 5.38. The average Bonchev–Trinajstić information content (AvgIpc) is 3.49. The molecule has 0 spiro atoms. The molecule has 0 aliphatic heterocycles. The van der Waals surface area contributed by atoms with Gasteiger partial charge in [0.2, 0.25) is 5.95 Å². The summed E-state index contributed by atoms with van der Waals surface area (Å²) >= 11 is 6.10. The van der Waals surface area contributed by atoms with E-state index in [1.54, 1.807) is 6.07 Å². The van der Waals surface area contributed by atoms with Gasteiger partial charge in [-0.2, -0.15) is 5.10 Å². The maximum atomic E-state index is 14.7. The van der Waals surface area contributed by atoms with E-state index >= 15 is 0 Å². The fraction of sp³-hybridized carbons (Fsp3) is 0.545. The van der Waals surface area contributed by atoms with Gasteiger partial charge in [0.25, 0.3) is 0 Å². The van der Waals surface area contributed by atoms with E-state index in [0.29, 0.717) is 23.9 Å². The van der Waals surface area contributed by atoms with Gasteiger partial charge in [0.1, 0.15) is 17.3 Å². The fourth-order valence-corrected chi connectivity index (χ4v) is 5.56. The van der Waals surface area contributed by atoms with E-state index in [0.717, 1.165) is 19.3 Å². The first-order chi connectivity index (χ1) is 17.6. The van der Waals surface area contributed by atoms with Crippen molar-refractivity contribution in [3.05, 3.63) is 34.9 Å². The van der Waals surface area contributed by atoms with Gasteiger partial charge >= 0.3 is 12.5 Å². The standard InChI is InChI=1S/C22H22ClF4N7O3/c23-13-7-28-19(34-8-12(29-18(13)34)9-36-22(25,26)27)30-17-3-15(32-33-17)11-1-14(24)16(2-11)37-20(35)31-21-4-10(5-21)6-21/h3,7-8,10-11,14,16H,1-2,4-6,9H2,(H,31,35)(H2,28,30,32,33)/t10?,11-,14+,16-,21?/m0/s1. The molecule has 3 atom stereocenters. The molecule has 4 fully saturated rings. The number of imidazole rings is 1. The highest BCUT2D eigenvalue weighted by atomic mass is 35.5. The molecule has 198 valence electrons. The third kappa shape index (κ3) is 4.79. The number of fused-ring (bicyclic) bond motifs is 1. The van der Waals surface area contributed by atoms with E-state index in [1.165, 1.54) is 16.8 Å². The summed E-state index contributed by atoms with van der Waals surface area (Å²) in [5, 5.41) is 13.0. The summed E-state index contributed by atoms with van der Waals surface area (Å²) in [6.45, 7) is -0.789. The Morgan fingerprint density at radius 1 is 1.30 bits per heavy atom. The number of nitrogens with one attached hydrogen (secondary N) is 3. The molecule has 3 aromatic heterocycles. The van der Waals surface area contributed by atoms with E-state index in [4.69, 9.17) is 16.3 Å². The Labute approximate surface area is 212 Å². The largest absolute Gasteiger partial charge is 0.522 e. The number of halogens is 5. The van der Waals surface area contributed by atoms with Crippen LogP contribution in [0.1, 0.15) is 49.4 Å². The van der Waals surface area contributed by atoms with Gasteiger partial charge in [-0.05, 0) is 38.0 Å². The van der Waals surface area contributed by atoms with Crippen LogP contribution in [0, 0.1) is 5.92 Å². The predicted octanol–water partition coefficient (Wildman–Crippen LogP) is 4.75. The normalized spacial score (nSPS) is 28.6. The topological polar surface area (TPSA) is 118 Å². The average molecular weight is 544 g/mol. The maximum absolute atomic E-state index is 14.7. The number of hydrogen-bond acceptors (Lipinski definition) is 7. The Bertz CT molecular complexity index is 1330. The van der Waals surface area contributed by atoms with Crippen LogP contribution in [0.2, 0.25) is 5.02 Å². The molecule has 0 saturated heterocycles. The molecule has 2 bridgehead atoms. The number of carbonyl (C=O) groups is 1. The van der Waals surface area contributed by atoms with Crippen LogP contribution >= 0.6 is 11.6 Å². The lowest BCUT2D eigenvalue weighted by molar-refractivity contribution is -0.330. The smallest absolute Gasteiger partial charge is 0.443 e. The van der Waals surface area contributed by atoms with Gasteiger partial charge in [-0.25, -0.2) is 19.2 Å². The third-order valence-electron chi connectivity index (χ3n) is 7.25. The Kier molecular flexibility index (Phi) is 5.71. The highest BCUT2D eigenvalue weighted by Gasteiger charge is 2.58. The van der Waals surface area contributed by atoms with Crippen molar-refractivity contribution < 1.29 is 31.8 Å². The molecular weight excluding hydrogens is 522 g/mol. The number of alkyl carbamates (subject to hydrolysis) is 1. The lowest BCUT2D eigenvalue weighted by atomic mass is 9.50. The zero-order valence-corrected chi connectivity index (χ0v) is 19.9. The van der Waals surface area contributed by atoms with Gasteiger partial charge in [0.15, 0.2) is 11.5 Å². The molecule has 7 rings (SSSR count). The molecule has 3 N–H and O–H groups in total. The summed E-state index contributed by atoms with van der Waals surface area (Å²) in [5.74, 6) is 0.994. The van der Waals surface area contributed by atoms with Crippen molar-refractivity contribution in [2.75, 3.05) is 5.32 Å². The Morgan fingerprint density at radius 3 is 2.78 bits per heavy atom. The number of amides is 1. The van der Waals surface area contributed by atoms with Gasteiger partial charge in [-0.3, -0.25) is 14.2 Å². The van der Waals surface area contributed by atoms with Gasteiger partial charge in [-0.1, -0.05) is 11.6 Å². The van der Waals surface area contributed by atoms with Crippen molar-refractivity contribution in [1.29, 1.82) is 0 Å². The molecule has 3 aromatic rings. The summed E-state index contributed by atoms with van der Waals surface area (Å²) in [5.41, 5.74) is 0.690. The predicted molar refractivity (Wildman–Crippen MR) is 121 cm³/mol. The molecule has 37 heavy (non-hydrogen) atoms.